The third-order valence-electron chi connectivity index (χ3n) is 4.27. The molecule has 0 aliphatic carbocycles. The normalized spacial score (nSPS) is 19.2. The van der Waals surface area contributed by atoms with Crippen LogP contribution in [0.3, 0.4) is 0 Å². The predicted octanol–water partition coefficient (Wildman–Crippen LogP) is 2.44. The fraction of sp³-hybridized carbons (Fsp3) is 0.588. The number of carbonyl (C=O) groups excluding carboxylic acids is 1. The van der Waals surface area contributed by atoms with Crippen LogP contribution in [-0.4, -0.2) is 50.3 Å². The summed E-state index contributed by atoms with van der Waals surface area (Å²) in [5, 5.41) is 5.69. The summed E-state index contributed by atoms with van der Waals surface area (Å²) >= 11 is 0. The molecule has 1 aliphatic rings. The molecule has 2 rings (SSSR count). The van der Waals surface area contributed by atoms with Gasteiger partial charge in [0, 0.05) is 44.4 Å². The van der Waals surface area contributed by atoms with E-state index in [0.717, 1.165) is 32.1 Å². The van der Waals surface area contributed by atoms with E-state index in [0.29, 0.717) is 18.6 Å². The first kappa shape index (κ1) is 18.6. The molecule has 0 saturated carbocycles. The van der Waals surface area contributed by atoms with Gasteiger partial charge in [-0.3, -0.25) is 4.90 Å². The van der Waals surface area contributed by atoms with Crippen LogP contribution in [0.5, 0.6) is 0 Å². The Morgan fingerprint density at radius 1 is 1.46 bits per heavy atom. The molecule has 0 unspecified atom stereocenters. The molecule has 7 heteroatoms. The van der Waals surface area contributed by atoms with Crippen molar-refractivity contribution in [3.8, 4) is 0 Å². The van der Waals surface area contributed by atoms with E-state index in [1.165, 1.54) is 12.1 Å². The topological polar surface area (TPSA) is 53.6 Å². The van der Waals surface area contributed by atoms with Crippen molar-refractivity contribution in [3.63, 3.8) is 0 Å². The Bertz CT molecular complexity index is 557. The molecule has 1 aromatic carbocycles. The maximum Gasteiger partial charge on any atom is 0.315 e. The second kappa shape index (κ2) is 8.94. The molecule has 0 aromatic heterocycles. The van der Waals surface area contributed by atoms with Crippen molar-refractivity contribution in [1.29, 1.82) is 0 Å². The molecule has 5 nitrogen and oxygen atoms in total. The largest absolute Gasteiger partial charge is 0.383 e. The number of carbonyl (C=O) groups is 1. The Morgan fingerprint density at radius 2 is 2.25 bits per heavy atom. The van der Waals surface area contributed by atoms with Crippen LogP contribution >= 0.6 is 0 Å². The van der Waals surface area contributed by atoms with Gasteiger partial charge < -0.3 is 15.4 Å². The van der Waals surface area contributed by atoms with E-state index in [2.05, 4.69) is 15.5 Å². The highest BCUT2D eigenvalue weighted by Gasteiger charge is 2.24. The number of nitrogens with zero attached hydrogens (tertiary/aromatic N) is 1. The molecule has 1 aliphatic heterocycles. The van der Waals surface area contributed by atoms with E-state index >= 15 is 0 Å². The third-order valence-corrected chi connectivity index (χ3v) is 4.27. The van der Waals surface area contributed by atoms with Crippen LogP contribution in [-0.2, 0) is 4.74 Å². The smallest absolute Gasteiger partial charge is 0.315 e. The molecule has 0 bridgehead atoms. The maximum atomic E-state index is 13.9. The van der Waals surface area contributed by atoms with Gasteiger partial charge >= 0.3 is 6.03 Å². The third kappa shape index (κ3) is 5.14. The van der Waals surface area contributed by atoms with Gasteiger partial charge in [-0.15, -0.1) is 0 Å². The highest BCUT2D eigenvalue weighted by atomic mass is 19.1. The van der Waals surface area contributed by atoms with Gasteiger partial charge in [-0.25, -0.2) is 13.6 Å². The summed E-state index contributed by atoms with van der Waals surface area (Å²) in [6.07, 6.45) is 1.39. The lowest BCUT2D eigenvalue weighted by Crippen LogP contribution is -2.44. The lowest BCUT2D eigenvalue weighted by Gasteiger charge is -2.21. The number of nitrogens with one attached hydrogen (secondary N) is 2. The zero-order valence-corrected chi connectivity index (χ0v) is 14.1. The average Bonchev–Trinajstić information content (AvgIpc) is 2.98. The van der Waals surface area contributed by atoms with Gasteiger partial charge in [0.2, 0.25) is 0 Å². The van der Waals surface area contributed by atoms with Gasteiger partial charge in [0.05, 0.1) is 12.6 Å². The van der Waals surface area contributed by atoms with Crippen molar-refractivity contribution >= 4 is 6.03 Å². The Morgan fingerprint density at radius 3 is 2.92 bits per heavy atom. The molecule has 1 fully saturated rings. The summed E-state index contributed by atoms with van der Waals surface area (Å²) in [7, 11) is 1.67. The van der Waals surface area contributed by atoms with Crippen LogP contribution in [0.25, 0.3) is 0 Å². The maximum absolute atomic E-state index is 13.9. The minimum Gasteiger partial charge on any atom is -0.383 e. The van der Waals surface area contributed by atoms with Crippen molar-refractivity contribution in [2.75, 3.05) is 33.4 Å². The first-order valence-electron chi connectivity index (χ1n) is 8.26. The summed E-state index contributed by atoms with van der Waals surface area (Å²) < 4.78 is 32.0. The Hall–Kier alpha value is -1.73. The van der Waals surface area contributed by atoms with Gasteiger partial charge in [-0.2, -0.15) is 0 Å². The minimum atomic E-state index is -0.645. The highest BCUT2D eigenvalue weighted by molar-refractivity contribution is 5.74. The molecular weight excluding hydrogens is 316 g/mol. The van der Waals surface area contributed by atoms with Gasteiger partial charge in [-0.05, 0) is 18.9 Å². The van der Waals surface area contributed by atoms with Crippen molar-refractivity contribution in [2.45, 2.75) is 31.8 Å². The number of amides is 2. The second-order valence-corrected chi connectivity index (χ2v) is 6.02. The average molecular weight is 341 g/mol. The number of likely N-dealkylation sites (tertiary alicyclic amines) is 1. The molecule has 2 atom stereocenters. The van der Waals surface area contributed by atoms with E-state index in [1.54, 1.807) is 7.11 Å². The van der Waals surface area contributed by atoms with Crippen molar-refractivity contribution < 1.29 is 18.3 Å². The van der Waals surface area contributed by atoms with E-state index in [4.69, 9.17) is 4.74 Å². The molecule has 2 amide bonds. The molecule has 1 saturated heterocycles. The minimum absolute atomic E-state index is 0.0671. The number of methoxy groups -OCH3 is 1. The van der Waals surface area contributed by atoms with Crippen molar-refractivity contribution in [3.05, 3.63) is 35.4 Å². The zero-order chi connectivity index (χ0) is 17.5. The van der Waals surface area contributed by atoms with E-state index in [1.807, 2.05) is 6.92 Å². The first-order chi connectivity index (χ1) is 11.5. The fourth-order valence-corrected chi connectivity index (χ4v) is 2.94. The second-order valence-electron chi connectivity index (χ2n) is 6.02. The van der Waals surface area contributed by atoms with E-state index < -0.39 is 17.7 Å². The Kier molecular flexibility index (Phi) is 6.93. The summed E-state index contributed by atoms with van der Waals surface area (Å²) in [6, 6.07) is 2.66. The van der Waals surface area contributed by atoms with E-state index in [9.17, 15) is 13.6 Å². The van der Waals surface area contributed by atoms with Crippen LogP contribution in [0.1, 0.15) is 31.4 Å². The number of hydrogen-bond donors (Lipinski definition) is 2. The number of benzene rings is 1. The molecule has 134 valence electrons. The number of hydrogen-bond acceptors (Lipinski definition) is 3. The van der Waals surface area contributed by atoms with Crippen LogP contribution < -0.4 is 10.6 Å². The van der Waals surface area contributed by atoms with Crippen molar-refractivity contribution in [1.82, 2.24) is 15.5 Å². The SMILES string of the molecule is CC[C@@H](NC(=O)N[C@H]1CCN(CCOC)C1)c1ccc(F)cc1F. The number of rotatable bonds is 7. The number of halogens is 2. The van der Waals surface area contributed by atoms with Crippen LogP contribution in [0.4, 0.5) is 13.6 Å². The molecule has 1 aromatic rings. The monoisotopic (exact) mass is 341 g/mol. The van der Waals surface area contributed by atoms with Gasteiger partial charge in [-0.1, -0.05) is 13.0 Å². The molecule has 1 heterocycles. The van der Waals surface area contributed by atoms with E-state index in [-0.39, 0.29) is 12.1 Å². The lowest BCUT2D eigenvalue weighted by molar-refractivity contribution is 0.159. The summed E-state index contributed by atoms with van der Waals surface area (Å²) in [4.78, 5) is 14.4. The zero-order valence-electron chi connectivity index (χ0n) is 14.1. The predicted molar refractivity (Wildman–Crippen MR) is 87.8 cm³/mol. The van der Waals surface area contributed by atoms with Crippen molar-refractivity contribution in [2.24, 2.45) is 0 Å². The molecule has 2 N–H and O–H groups in total. The van der Waals surface area contributed by atoms with Gasteiger partial charge in [0.1, 0.15) is 11.6 Å². The molecular formula is C17H25F2N3O2. The Labute approximate surface area is 141 Å². The first-order valence-corrected chi connectivity index (χ1v) is 8.26. The standard InChI is InChI=1S/C17H25F2N3O2/c1-3-16(14-5-4-12(18)10-15(14)19)21-17(23)20-13-6-7-22(11-13)8-9-24-2/h4-5,10,13,16H,3,6-9,11H2,1-2H3,(H2,20,21,23)/t13-,16+/m0/s1. The quantitative estimate of drug-likeness (QED) is 0.801. The van der Waals surface area contributed by atoms with Crippen LogP contribution in [0.15, 0.2) is 18.2 Å². The number of ether oxygens (including phenoxy) is 1. The summed E-state index contributed by atoms with van der Waals surface area (Å²) in [6.45, 7) is 5.04. The molecule has 0 radical (unpaired) electrons. The fourth-order valence-electron chi connectivity index (χ4n) is 2.94. The van der Waals surface area contributed by atoms with Crippen LogP contribution in [0, 0.1) is 11.6 Å². The summed E-state index contributed by atoms with van der Waals surface area (Å²) in [5.74, 6) is -1.27. The molecule has 0 spiro atoms. The summed E-state index contributed by atoms with van der Waals surface area (Å²) in [5.41, 5.74) is 0.294. The van der Waals surface area contributed by atoms with Gasteiger partial charge in [0.15, 0.2) is 0 Å². The lowest BCUT2D eigenvalue weighted by atomic mass is 10.0. The highest BCUT2D eigenvalue weighted by Crippen LogP contribution is 2.21. The molecule has 24 heavy (non-hydrogen) atoms. The Balaban J connectivity index is 1.86. The van der Waals surface area contributed by atoms with Gasteiger partial charge in [0.25, 0.3) is 0 Å². The number of urea groups is 1. The van der Waals surface area contributed by atoms with Crippen LogP contribution in [0.2, 0.25) is 0 Å².